The number of rotatable bonds is 13. The third-order valence-corrected chi connectivity index (χ3v) is 4.18. The molecule has 2 N–H and O–H groups in total. The van der Waals surface area contributed by atoms with E-state index in [9.17, 15) is 0 Å². The van der Waals surface area contributed by atoms with Gasteiger partial charge in [0.15, 0.2) is 0 Å². The lowest BCUT2D eigenvalue weighted by Crippen LogP contribution is -2.13. The van der Waals surface area contributed by atoms with Gasteiger partial charge in [-0.25, -0.2) is 0 Å². The highest BCUT2D eigenvalue weighted by Gasteiger charge is 2.00. The van der Waals surface area contributed by atoms with Crippen LogP contribution in [0.4, 0.5) is 11.4 Å². The van der Waals surface area contributed by atoms with Crippen molar-refractivity contribution in [1.29, 1.82) is 0 Å². The Balaban J connectivity index is 1.71. The van der Waals surface area contributed by atoms with E-state index >= 15 is 0 Å². The van der Waals surface area contributed by atoms with Gasteiger partial charge in [0.1, 0.15) is 11.5 Å². The van der Waals surface area contributed by atoms with Gasteiger partial charge in [-0.1, -0.05) is 39.3 Å². The SMILES string of the molecule is CCCCOc1cccc(NCCNc2cccc(OCCC(C)C)c2)c1. The Hall–Kier alpha value is -2.36. The minimum atomic E-state index is 0.660. The molecule has 0 aliphatic rings. The zero-order valence-corrected chi connectivity index (χ0v) is 17.0. The Bertz CT molecular complexity index is 658. The largest absolute Gasteiger partial charge is 0.494 e. The first kappa shape index (κ1) is 20.9. The monoisotopic (exact) mass is 370 g/mol. The van der Waals surface area contributed by atoms with E-state index in [1.807, 2.05) is 24.3 Å². The zero-order valence-electron chi connectivity index (χ0n) is 17.0. The van der Waals surface area contributed by atoms with Crippen molar-refractivity contribution in [2.75, 3.05) is 36.9 Å². The van der Waals surface area contributed by atoms with Crippen molar-refractivity contribution >= 4 is 11.4 Å². The zero-order chi connectivity index (χ0) is 19.3. The molecule has 0 atom stereocenters. The summed E-state index contributed by atoms with van der Waals surface area (Å²) in [6.45, 7) is 9.79. The summed E-state index contributed by atoms with van der Waals surface area (Å²) in [5.74, 6) is 2.51. The van der Waals surface area contributed by atoms with Crippen LogP contribution in [0.2, 0.25) is 0 Å². The van der Waals surface area contributed by atoms with Gasteiger partial charge in [0.2, 0.25) is 0 Å². The fourth-order valence-electron chi connectivity index (χ4n) is 2.55. The van der Waals surface area contributed by atoms with Gasteiger partial charge in [-0.15, -0.1) is 0 Å². The first-order valence-electron chi connectivity index (χ1n) is 10.1. The summed E-state index contributed by atoms with van der Waals surface area (Å²) < 4.78 is 11.6. The predicted molar refractivity (Wildman–Crippen MR) is 115 cm³/mol. The Morgan fingerprint density at radius 1 is 0.815 bits per heavy atom. The maximum Gasteiger partial charge on any atom is 0.121 e. The van der Waals surface area contributed by atoms with Crippen molar-refractivity contribution in [3.05, 3.63) is 48.5 Å². The summed E-state index contributed by atoms with van der Waals surface area (Å²) in [6, 6.07) is 16.3. The Kier molecular flexibility index (Phi) is 9.39. The van der Waals surface area contributed by atoms with E-state index in [2.05, 4.69) is 55.7 Å². The van der Waals surface area contributed by atoms with Crippen molar-refractivity contribution in [2.24, 2.45) is 5.92 Å². The third kappa shape index (κ3) is 8.72. The van der Waals surface area contributed by atoms with Crippen LogP contribution in [-0.4, -0.2) is 26.3 Å². The normalized spacial score (nSPS) is 10.7. The molecule has 0 saturated heterocycles. The molecule has 0 unspecified atom stereocenters. The molecule has 0 spiro atoms. The quantitative estimate of drug-likeness (QED) is 0.436. The van der Waals surface area contributed by atoms with Gasteiger partial charge < -0.3 is 20.1 Å². The number of hydrogen-bond acceptors (Lipinski definition) is 4. The second-order valence-corrected chi connectivity index (χ2v) is 7.14. The molecule has 4 nitrogen and oxygen atoms in total. The van der Waals surface area contributed by atoms with Gasteiger partial charge in [0.25, 0.3) is 0 Å². The highest BCUT2D eigenvalue weighted by molar-refractivity contribution is 5.50. The van der Waals surface area contributed by atoms with Crippen molar-refractivity contribution in [3.63, 3.8) is 0 Å². The minimum Gasteiger partial charge on any atom is -0.494 e. The van der Waals surface area contributed by atoms with E-state index in [1.54, 1.807) is 0 Å². The van der Waals surface area contributed by atoms with Gasteiger partial charge in [-0.3, -0.25) is 0 Å². The summed E-state index contributed by atoms with van der Waals surface area (Å²) in [6.07, 6.45) is 3.30. The number of ether oxygens (including phenoxy) is 2. The molecule has 0 aliphatic carbocycles. The van der Waals surface area contributed by atoms with Crippen LogP contribution < -0.4 is 20.1 Å². The van der Waals surface area contributed by atoms with Gasteiger partial charge in [0, 0.05) is 36.6 Å². The maximum absolute atomic E-state index is 5.82. The molecule has 2 rings (SSSR count). The van der Waals surface area contributed by atoms with E-state index in [4.69, 9.17) is 9.47 Å². The molecule has 0 saturated carbocycles. The van der Waals surface area contributed by atoms with Crippen molar-refractivity contribution in [3.8, 4) is 11.5 Å². The van der Waals surface area contributed by atoms with Gasteiger partial charge >= 0.3 is 0 Å². The average Bonchev–Trinajstić information content (AvgIpc) is 2.66. The van der Waals surface area contributed by atoms with E-state index in [0.717, 1.165) is 68.4 Å². The van der Waals surface area contributed by atoms with Crippen LogP contribution in [-0.2, 0) is 0 Å². The maximum atomic E-state index is 5.82. The average molecular weight is 371 g/mol. The van der Waals surface area contributed by atoms with Crippen molar-refractivity contribution in [1.82, 2.24) is 0 Å². The molecule has 0 aromatic heterocycles. The lowest BCUT2D eigenvalue weighted by atomic mass is 10.1. The van der Waals surface area contributed by atoms with E-state index in [0.29, 0.717) is 5.92 Å². The number of unbranched alkanes of at least 4 members (excludes halogenated alkanes) is 1. The minimum absolute atomic E-state index is 0.660. The molecule has 148 valence electrons. The number of anilines is 2. The number of benzene rings is 2. The number of nitrogens with one attached hydrogen (secondary N) is 2. The Labute approximate surface area is 164 Å². The molecule has 2 aromatic carbocycles. The molecule has 27 heavy (non-hydrogen) atoms. The number of hydrogen-bond donors (Lipinski definition) is 2. The lowest BCUT2D eigenvalue weighted by Gasteiger charge is -2.12. The van der Waals surface area contributed by atoms with Crippen LogP contribution in [0.1, 0.15) is 40.0 Å². The van der Waals surface area contributed by atoms with Crippen LogP contribution in [0.15, 0.2) is 48.5 Å². The summed E-state index contributed by atoms with van der Waals surface area (Å²) in [5, 5.41) is 6.87. The molecule has 2 aromatic rings. The highest BCUT2D eigenvalue weighted by Crippen LogP contribution is 2.19. The van der Waals surface area contributed by atoms with Crippen molar-refractivity contribution < 1.29 is 9.47 Å². The van der Waals surface area contributed by atoms with E-state index in [-0.39, 0.29) is 0 Å². The summed E-state index contributed by atoms with van der Waals surface area (Å²) in [4.78, 5) is 0. The molecular weight excluding hydrogens is 336 g/mol. The molecule has 0 aliphatic heterocycles. The van der Waals surface area contributed by atoms with Gasteiger partial charge in [-0.2, -0.15) is 0 Å². The topological polar surface area (TPSA) is 42.5 Å². The summed E-state index contributed by atoms with van der Waals surface area (Å²) in [7, 11) is 0. The fourth-order valence-corrected chi connectivity index (χ4v) is 2.55. The first-order valence-corrected chi connectivity index (χ1v) is 10.1. The first-order chi connectivity index (χ1) is 13.2. The van der Waals surface area contributed by atoms with E-state index in [1.165, 1.54) is 0 Å². The molecule has 4 heteroatoms. The molecule has 0 amide bonds. The lowest BCUT2D eigenvalue weighted by molar-refractivity contribution is 0.289. The summed E-state index contributed by atoms with van der Waals surface area (Å²) in [5.41, 5.74) is 2.16. The van der Waals surface area contributed by atoms with Crippen LogP contribution in [0.3, 0.4) is 0 Å². The second kappa shape index (κ2) is 12.1. The molecular formula is C23H34N2O2. The molecule has 0 bridgehead atoms. The second-order valence-electron chi connectivity index (χ2n) is 7.14. The Morgan fingerprint density at radius 3 is 1.89 bits per heavy atom. The molecule has 0 heterocycles. The molecule has 0 fully saturated rings. The van der Waals surface area contributed by atoms with Crippen LogP contribution in [0.5, 0.6) is 11.5 Å². The van der Waals surface area contributed by atoms with Crippen LogP contribution in [0, 0.1) is 5.92 Å². The van der Waals surface area contributed by atoms with Crippen LogP contribution >= 0.6 is 0 Å². The standard InChI is InChI=1S/C23H34N2O2/c1-4-5-15-26-22-10-6-8-20(17-22)24-13-14-25-21-9-7-11-23(18-21)27-16-12-19(2)3/h6-11,17-19,24-25H,4-5,12-16H2,1-3H3. The Morgan fingerprint density at radius 2 is 1.37 bits per heavy atom. The van der Waals surface area contributed by atoms with Crippen LogP contribution in [0.25, 0.3) is 0 Å². The molecule has 0 radical (unpaired) electrons. The predicted octanol–water partition coefficient (Wildman–Crippen LogP) is 5.81. The smallest absolute Gasteiger partial charge is 0.121 e. The van der Waals surface area contributed by atoms with Gasteiger partial charge in [-0.05, 0) is 43.0 Å². The fraction of sp³-hybridized carbons (Fsp3) is 0.478. The van der Waals surface area contributed by atoms with E-state index < -0.39 is 0 Å². The summed E-state index contributed by atoms with van der Waals surface area (Å²) >= 11 is 0. The van der Waals surface area contributed by atoms with Crippen molar-refractivity contribution in [2.45, 2.75) is 40.0 Å². The third-order valence-electron chi connectivity index (χ3n) is 4.18. The highest BCUT2D eigenvalue weighted by atomic mass is 16.5. The van der Waals surface area contributed by atoms with Gasteiger partial charge in [0.05, 0.1) is 13.2 Å².